The molecule has 0 aromatic rings. The molecule has 4 heteroatoms. The summed E-state index contributed by atoms with van der Waals surface area (Å²) in [4.78, 5) is 6.54. The van der Waals surface area contributed by atoms with Gasteiger partial charge in [0.05, 0.1) is 18.2 Å². The highest BCUT2D eigenvalue weighted by atomic mass is 16.5. The molecule has 0 saturated carbocycles. The van der Waals surface area contributed by atoms with E-state index in [0.717, 1.165) is 38.4 Å². The van der Waals surface area contributed by atoms with Crippen LogP contribution < -0.4 is 5.32 Å². The van der Waals surface area contributed by atoms with E-state index in [1.165, 1.54) is 0 Å². The van der Waals surface area contributed by atoms with Gasteiger partial charge in [0.2, 0.25) is 0 Å². The van der Waals surface area contributed by atoms with Gasteiger partial charge in [-0.25, -0.2) is 0 Å². The summed E-state index contributed by atoms with van der Waals surface area (Å²) in [6.45, 7) is 7.14. The van der Waals surface area contributed by atoms with Crippen molar-refractivity contribution >= 4 is 5.96 Å². The molecule has 2 aliphatic heterocycles. The Morgan fingerprint density at radius 2 is 2.40 bits per heavy atom. The van der Waals surface area contributed by atoms with Crippen molar-refractivity contribution < 1.29 is 4.74 Å². The number of likely N-dealkylation sites (N-methyl/N-ethyl adjacent to an activating group) is 1. The van der Waals surface area contributed by atoms with Gasteiger partial charge in [-0.1, -0.05) is 0 Å². The van der Waals surface area contributed by atoms with Gasteiger partial charge in [0, 0.05) is 20.1 Å². The second-order valence-corrected chi connectivity index (χ2v) is 5.05. The summed E-state index contributed by atoms with van der Waals surface area (Å²) in [7, 11) is 2.07. The van der Waals surface area contributed by atoms with Crippen molar-refractivity contribution in [2.45, 2.75) is 38.4 Å². The molecule has 0 aromatic heterocycles. The summed E-state index contributed by atoms with van der Waals surface area (Å²) in [5.74, 6) is 1.02. The van der Waals surface area contributed by atoms with E-state index in [0.29, 0.717) is 6.10 Å². The molecule has 2 aliphatic rings. The van der Waals surface area contributed by atoms with Gasteiger partial charge in [0.25, 0.3) is 0 Å². The van der Waals surface area contributed by atoms with Gasteiger partial charge in [-0.3, -0.25) is 4.99 Å². The largest absolute Gasteiger partial charge is 0.371 e. The lowest BCUT2D eigenvalue weighted by Gasteiger charge is -2.21. The summed E-state index contributed by atoms with van der Waals surface area (Å²) in [6.07, 6.45) is 2.65. The van der Waals surface area contributed by atoms with E-state index < -0.39 is 0 Å². The second kappa shape index (κ2) is 4.00. The Bertz CT molecular complexity index is 263. The minimum Gasteiger partial charge on any atom is -0.371 e. The Balaban J connectivity index is 1.75. The van der Waals surface area contributed by atoms with E-state index in [4.69, 9.17) is 4.74 Å². The lowest BCUT2D eigenvalue weighted by molar-refractivity contribution is -0.0127. The predicted molar refractivity (Wildman–Crippen MR) is 61.1 cm³/mol. The van der Waals surface area contributed by atoms with Crippen molar-refractivity contribution in [2.75, 3.05) is 26.7 Å². The van der Waals surface area contributed by atoms with E-state index in [1.54, 1.807) is 0 Å². The number of nitrogens with zero attached hydrogens (tertiary/aromatic N) is 2. The number of guanidine groups is 1. The molecule has 2 rings (SSSR count). The highest BCUT2D eigenvalue weighted by molar-refractivity contribution is 5.81. The van der Waals surface area contributed by atoms with E-state index in [2.05, 4.69) is 36.1 Å². The second-order valence-electron chi connectivity index (χ2n) is 5.05. The molecule has 15 heavy (non-hydrogen) atoms. The summed E-state index contributed by atoms with van der Waals surface area (Å²) < 4.78 is 5.91. The fourth-order valence-electron chi connectivity index (χ4n) is 2.15. The number of ether oxygens (including phenoxy) is 1. The Morgan fingerprint density at radius 3 is 2.93 bits per heavy atom. The van der Waals surface area contributed by atoms with E-state index >= 15 is 0 Å². The van der Waals surface area contributed by atoms with Gasteiger partial charge >= 0.3 is 0 Å². The molecule has 1 unspecified atom stereocenters. The molecule has 0 aliphatic carbocycles. The third kappa shape index (κ3) is 2.62. The predicted octanol–water partition coefficient (Wildman–Crippen LogP) is 0.835. The maximum absolute atomic E-state index is 5.91. The zero-order valence-corrected chi connectivity index (χ0v) is 9.92. The van der Waals surface area contributed by atoms with Crippen LogP contribution in [0, 0.1) is 0 Å². The van der Waals surface area contributed by atoms with Gasteiger partial charge in [0.1, 0.15) is 0 Å². The molecule has 0 aromatic carbocycles. The van der Waals surface area contributed by atoms with Gasteiger partial charge in [-0.15, -0.1) is 0 Å². The molecule has 86 valence electrons. The molecule has 4 nitrogen and oxygen atoms in total. The van der Waals surface area contributed by atoms with Gasteiger partial charge in [-0.05, 0) is 26.7 Å². The maximum atomic E-state index is 5.91. The van der Waals surface area contributed by atoms with Crippen molar-refractivity contribution in [3.05, 3.63) is 0 Å². The third-order valence-corrected chi connectivity index (χ3v) is 3.10. The normalized spacial score (nSPS) is 29.4. The summed E-state index contributed by atoms with van der Waals surface area (Å²) in [6, 6.07) is 0. The van der Waals surface area contributed by atoms with Crippen molar-refractivity contribution in [3.63, 3.8) is 0 Å². The Kier molecular flexibility index (Phi) is 2.87. The average Bonchev–Trinajstić information content (AvgIpc) is 2.69. The number of rotatable bonds is 2. The number of hydrogen-bond acceptors (Lipinski definition) is 4. The smallest absolute Gasteiger partial charge is 0.193 e. The van der Waals surface area contributed by atoms with Crippen LogP contribution in [0.2, 0.25) is 0 Å². The monoisotopic (exact) mass is 211 g/mol. The minimum atomic E-state index is 0.0652. The molecule has 1 atom stereocenters. The molecule has 1 fully saturated rings. The zero-order valence-electron chi connectivity index (χ0n) is 9.92. The fraction of sp³-hybridized carbons (Fsp3) is 0.909. The average molecular weight is 211 g/mol. The molecule has 2 heterocycles. The number of nitrogens with one attached hydrogen (secondary N) is 1. The van der Waals surface area contributed by atoms with Gasteiger partial charge in [-0.2, -0.15) is 0 Å². The fourth-order valence-corrected chi connectivity index (χ4v) is 2.15. The lowest BCUT2D eigenvalue weighted by atomic mass is 10.1. The number of hydrogen-bond donors (Lipinski definition) is 1. The first-order valence-corrected chi connectivity index (χ1v) is 5.74. The van der Waals surface area contributed by atoms with E-state index in [-0.39, 0.29) is 5.60 Å². The zero-order chi connectivity index (χ0) is 10.9. The van der Waals surface area contributed by atoms with Crippen LogP contribution in [-0.4, -0.2) is 49.2 Å². The van der Waals surface area contributed by atoms with Crippen LogP contribution in [0.5, 0.6) is 0 Å². The first-order valence-electron chi connectivity index (χ1n) is 5.74. The highest BCUT2D eigenvalue weighted by Crippen LogP contribution is 2.28. The van der Waals surface area contributed by atoms with Crippen molar-refractivity contribution in [2.24, 2.45) is 4.99 Å². The Hall–Kier alpha value is -0.770. The SMILES string of the molecule is CN1CCN=C1NCC1CCC(C)(C)O1. The summed E-state index contributed by atoms with van der Waals surface area (Å²) in [5, 5.41) is 3.36. The molecular weight excluding hydrogens is 190 g/mol. The molecule has 0 spiro atoms. The first kappa shape index (κ1) is 10.7. The van der Waals surface area contributed by atoms with Crippen LogP contribution in [-0.2, 0) is 4.74 Å². The third-order valence-electron chi connectivity index (χ3n) is 3.10. The summed E-state index contributed by atoms with van der Waals surface area (Å²) >= 11 is 0. The van der Waals surface area contributed by atoms with Crippen LogP contribution in [0.4, 0.5) is 0 Å². The quantitative estimate of drug-likeness (QED) is 0.735. The Labute approximate surface area is 91.7 Å². The maximum Gasteiger partial charge on any atom is 0.193 e. The van der Waals surface area contributed by atoms with Crippen LogP contribution in [0.25, 0.3) is 0 Å². The minimum absolute atomic E-state index is 0.0652. The van der Waals surface area contributed by atoms with Gasteiger partial charge in [0.15, 0.2) is 5.96 Å². The van der Waals surface area contributed by atoms with E-state index in [9.17, 15) is 0 Å². The van der Waals surface area contributed by atoms with Crippen LogP contribution in [0.3, 0.4) is 0 Å². The van der Waals surface area contributed by atoms with Crippen molar-refractivity contribution in [1.82, 2.24) is 10.2 Å². The molecule has 0 radical (unpaired) electrons. The molecule has 1 saturated heterocycles. The van der Waals surface area contributed by atoms with Crippen molar-refractivity contribution in [3.8, 4) is 0 Å². The lowest BCUT2D eigenvalue weighted by Crippen LogP contribution is -2.40. The van der Waals surface area contributed by atoms with E-state index in [1.807, 2.05) is 0 Å². The molecule has 0 bridgehead atoms. The summed E-state index contributed by atoms with van der Waals surface area (Å²) in [5.41, 5.74) is 0.0652. The van der Waals surface area contributed by atoms with Crippen molar-refractivity contribution in [1.29, 1.82) is 0 Å². The first-order chi connectivity index (χ1) is 7.07. The van der Waals surface area contributed by atoms with Crippen LogP contribution in [0.1, 0.15) is 26.7 Å². The topological polar surface area (TPSA) is 36.9 Å². The Morgan fingerprint density at radius 1 is 1.60 bits per heavy atom. The molecule has 0 amide bonds. The van der Waals surface area contributed by atoms with Crippen LogP contribution >= 0.6 is 0 Å². The highest BCUT2D eigenvalue weighted by Gasteiger charge is 2.31. The van der Waals surface area contributed by atoms with Crippen LogP contribution in [0.15, 0.2) is 4.99 Å². The number of aliphatic imine (C=N–C) groups is 1. The van der Waals surface area contributed by atoms with Gasteiger partial charge < -0.3 is 15.0 Å². The molecule has 1 N–H and O–H groups in total. The molecular formula is C11H21N3O. The standard InChI is InChI=1S/C11H21N3O/c1-11(2)5-4-9(15-11)8-13-10-12-6-7-14(10)3/h9H,4-8H2,1-3H3,(H,12,13).